The number of fused-ring (bicyclic) bond motifs is 1. The zero-order valence-electron chi connectivity index (χ0n) is 18.0. The predicted octanol–water partition coefficient (Wildman–Crippen LogP) is 3.27. The van der Waals surface area contributed by atoms with Gasteiger partial charge in [-0.05, 0) is 48.4 Å². The third-order valence-corrected chi connectivity index (χ3v) is 5.29. The van der Waals surface area contributed by atoms with E-state index in [4.69, 9.17) is 5.26 Å². The molecule has 0 fully saturated rings. The van der Waals surface area contributed by atoms with E-state index in [9.17, 15) is 9.59 Å². The van der Waals surface area contributed by atoms with Crippen LogP contribution in [0, 0.1) is 6.92 Å². The summed E-state index contributed by atoms with van der Waals surface area (Å²) in [6.07, 6.45) is 0. The number of carbonyl (C=O) groups is 1. The molecule has 1 aromatic heterocycles. The molecule has 164 valence electrons. The van der Waals surface area contributed by atoms with E-state index in [0.29, 0.717) is 11.4 Å². The van der Waals surface area contributed by atoms with E-state index in [-0.39, 0.29) is 34.8 Å². The van der Waals surface area contributed by atoms with Gasteiger partial charge >= 0.3 is 0 Å². The number of nitrogens with zero attached hydrogens (tertiary/aromatic N) is 3. The molecule has 9 heteroatoms. The zero-order valence-corrected chi connectivity index (χ0v) is 18.0. The number of H-pyrrole nitrogens is 1. The van der Waals surface area contributed by atoms with Crippen molar-refractivity contribution >= 4 is 34.4 Å². The van der Waals surface area contributed by atoms with E-state index in [2.05, 4.69) is 26.9 Å². The maximum Gasteiger partial charge on any atom is 0.281 e. The number of benzene rings is 2. The molecule has 2 aromatic carbocycles. The van der Waals surface area contributed by atoms with E-state index < -0.39 is 5.91 Å². The third kappa shape index (κ3) is 3.75. The quantitative estimate of drug-likeness (QED) is 0.422. The van der Waals surface area contributed by atoms with Crippen LogP contribution in [-0.2, 0) is 16.3 Å². The van der Waals surface area contributed by atoms with Gasteiger partial charge in [0.1, 0.15) is 18.1 Å². The highest BCUT2D eigenvalue weighted by molar-refractivity contribution is 6.60. The molecule has 1 aliphatic heterocycles. The lowest BCUT2D eigenvalue weighted by Gasteiger charge is -2.17. The Hall–Kier alpha value is -3.95. The topological polar surface area (TPSA) is 112 Å². The van der Waals surface area contributed by atoms with Gasteiger partial charge in [0.2, 0.25) is 0 Å². The SMILES string of the molecule is C=C1C(=Nc2ccc(N(C)C)cc2C)C(=O)Nc2[nH]n(-c3ccc(COO)cc3)c(=O)c21. The van der Waals surface area contributed by atoms with Gasteiger partial charge in [0, 0.05) is 25.4 Å². The molecule has 0 saturated carbocycles. The summed E-state index contributed by atoms with van der Waals surface area (Å²) in [4.78, 5) is 36.5. The molecule has 3 aromatic rings. The first-order chi connectivity index (χ1) is 15.3. The van der Waals surface area contributed by atoms with Gasteiger partial charge in [-0.3, -0.25) is 19.9 Å². The monoisotopic (exact) mass is 433 g/mol. The Labute approximate surface area is 184 Å². The number of rotatable bonds is 5. The van der Waals surface area contributed by atoms with Gasteiger partial charge in [-0.1, -0.05) is 18.7 Å². The highest BCUT2D eigenvalue weighted by Crippen LogP contribution is 2.29. The molecule has 0 saturated heterocycles. The lowest BCUT2D eigenvalue weighted by Crippen LogP contribution is -2.30. The van der Waals surface area contributed by atoms with Crippen molar-refractivity contribution in [3.05, 3.63) is 76.1 Å². The van der Waals surface area contributed by atoms with Gasteiger partial charge in [0.25, 0.3) is 11.5 Å². The number of anilines is 2. The van der Waals surface area contributed by atoms with Crippen molar-refractivity contribution < 1.29 is 14.9 Å². The molecule has 3 N–H and O–H groups in total. The second-order valence-corrected chi connectivity index (χ2v) is 7.70. The van der Waals surface area contributed by atoms with Crippen LogP contribution in [0.5, 0.6) is 0 Å². The fraction of sp³-hybridized carbons (Fsp3) is 0.174. The van der Waals surface area contributed by atoms with Crippen LogP contribution in [0.15, 0.2) is 58.8 Å². The number of amides is 1. The molecular weight excluding hydrogens is 410 g/mol. The van der Waals surface area contributed by atoms with E-state index in [0.717, 1.165) is 16.8 Å². The smallest absolute Gasteiger partial charge is 0.281 e. The Bertz CT molecular complexity index is 1300. The molecule has 0 bridgehead atoms. The first kappa shape index (κ1) is 21.3. The van der Waals surface area contributed by atoms with Crippen LogP contribution in [-0.4, -0.2) is 40.8 Å². The van der Waals surface area contributed by atoms with Crippen LogP contribution < -0.4 is 15.8 Å². The van der Waals surface area contributed by atoms with Gasteiger partial charge in [-0.2, -0.15) is 0 Å². The average molecular weight is 433 g/mol. The third-order valence-electron chi connectivity index (χ3n) is 5.29. The molecule has 1 aliphatic rings. The summed E-state index contributed by atoms with van der Waals surface area (Å²) >= 11 is 0. The standard InChI is InChI=1S/C23H23N5O4/c1-13-11-17(27(3)4)9-10-18(13)24-20-14(2)19-21(25-22(20)29)26-28(23(19)30)16-7-5-15(6-8-16)12-32-31/h5-11,26,31H,2,12H2,1,3-4H3,(H,25,29). The normalized spacial score (nSPS) is 14.4. The second-order valence-electron chi connectivity index (χ2n) is 7.70. The van der Waals surface area contributed by atoms with Crippen LogP contribution in [0.3, 0.4) is 0 Å². The van der Waals surface area contributed by atoms with Gasteiger partial charge in [0.05, 0.1) is 16.9 Å². The molecule has 1 amide bonds. The maximum atomic E-state index is 13.1. The molecule has 2 heterocycles. The Balaban J connectivity index is 1.72. The number of aliphatic imine (C=N–C) groups is 1. The van der Waals surface area contributed by atoms with Gasteiger partial charge in [0.15, 0.2) is 0 Å². The largest absolute Gasteiger partial charge is 0.378 e. The first-order valence-corrected chi connectivity index (χ1v) is 9.88. The molecule has 0 aliphatic carbocycles. The number of aromatic amines is 1. The predicted molar refractivity (Wildman–Crippen MR) is 124 cm³/mol. The van der Waals surface area contributed by atoms with Crippen molar-refractivity contribution in [1.82, 2.24) is 9.78 Å². The second kappa shape index (κ2) is 8.29. The lowest BCUT2D eigenvalue weighted by atomic mass is 10.0. The highest BCUT2D eigenvalue weighted by atomic mass is 17.1. The van der Waals surface area contributed by atoms with E-state index in [1.54, 1.807) is 24.3 Å². The summed E-state index contributed by atoms with van der Waals surface area (Å²) in [5, 5.41) is 14.2. The number of hydrogen-bond donors (Lipinski definition) is 3. The molecule has 4 rings (SSSR count). The molecule has 0 atom stereocenters. The van der Waals surface area contributed by atoms with Gasteiger partial charge < -0.3 is 10.2 Å². The number of hydrogen-bond acceptors (Lipinski definition) is 6. The molecule has 0 radical (unpaired) electrons. The fourth-order valence-electron chi connectivity index (χ4n) is 3.52. The summed E-state index contributed by atoms with van der Waals surface area (Å²) in [6.45, 7) is 5.94. The summed E-state index contributed by atoms with van der Waals surface area (Å²) in [5.74, 6) is -0.172. The Morgan fingerprint density at radius 3 is 2.50 bits per heavy atom. The van der Waals surface area contributed by atoms with Crippen LogP contribution in [0.4, 0.5) is 17.2 Å². The Morgan fingerprint density at radius 1 is 1.16 bits per heavy atom. The van der Waals surface area contributed by atoms with E-state index >= 15 is 0 Å². The summed E-state index contributed by atoms with van der Waals surface area (Å²) < 4.78 is 1.32. The van der Waals surface area contributed by atoms with Crippen LogP contribution in [0.1, 0.15) is 16.7 Å². The fourth-order valence-corrected chi connectivity index (χ4v) is 3.52. The maximum absolute atomic E-state index is 13.1. The number of nitrogens with one attached hydrogen (secondary N) is 2. The Morgan fingerprint density at radius 2 is 1.88 bits per heavy atom. The number of aromatic nitrogens is 2. The molecular formula is C23H23N5O4. The minimum absolute atomic E-state index is 0.0397. The van der Waals surface area contributed by atoms with Crippen molar-refractivity contribution in [3.63, 3.8) is 0 Å². The lowest BCUT2D eigenvalue weighted by molar-refractivity contribution is -0.253. The number of aryl methyl sites for hydroxylation is 1. The first-order valence-electron chi connectivity index (χ1n) is 9.88. The highest BCUT2D eigenvalue weighted by Gasteiger charge is 2.31. The van der Waals surface area contributed by atoms with Crippen molar-refractivity contribution in [1.29, 1.82) is 0 Å². The van der Waals surface area contributed by atoms with E-state index in [1.807, 2.05) is 44.1 Å². The van der Waals surface area contributed by atoms with Crippen LogP contribution >= 0.6 is 0 Å². The zero-order chi connectivity index (χ0) is 23.0. The van der Waals surface area contributed by atoms with Gasteiger partial charge in [-0.15, -0.1) is 0 Å². The van der Waals surface area contributed by atoms with Crippen molar-refractivity contribution in [2.45, 2.75) is 13.5 Å². The van der Waals surface area contributed by atoms with Crippen molar-refractivity contribution in [3.8, 4) is 5.69 Å². The molecule has 9 nitrogen and oxygen atoms in total. The van der Waals surface area contributed by atoms with Crippen molar-refractivity contribution in [2.75, 3.05) is 24.3 Å². The summed E-state index contributed by atoms with van der Waals surface area (Å²) in [5.41, 5.74) is 4.09. The minimum atomic E-state index is -0.442. The van der Waals surface area contributed by atoms with Crippen LogP contribution in [0.2, 0.25) is 0 Å². The van der Waals surface area contributed by atoms with Gasteiger partial charge in [-0.25, -0.2) is 14.6 Å². The Kier molecular flexibility index (Phi) is 5.52. The molecule has 0 unspecified atom stereocenters. The summed E-state index contributed by atoms with van der Waals surface area (Å²) in [6, 6.07) is 12.6. The van der Waals surface area contributed by atoms with E-state index in [1.165, 1.54) is 4.68 Å². The van der Waals surface area contributed by atoms with Crippen molar-refractivity contribution in [2.24, 2.45) is 4.99 Å². The van der Waals surface area contributed by atoms with Crippen LogP contribution in [0.25, 0.3) is 11.3 Å². The summed E-state index contributed by atoms with van der Waals surface area (Å²) in [7, 11) is 3.90. The molecule has 32 heavy (non-hydrogen) atoms. The minimum Gasteiger partial charge on any atom is -0.378 e. The average Bonchev–Trinajstić information content (AvgIpc) is 3.08. The number of carbonyl (C=O) groups excluding carboxylic acids is 1. The molecule has 0 spiro atoms.